The molecular formula is C28H36F2N6O2S. The number of aromatic nitrogens is 3. The van der Waals surface area contributed by atoms with Gasteiger partial charge in [-0.3, -0.25) is 0 Å². The smallest absolute Gasteiger partial charge is 0.263 e. The Bertz CT molecular complexity index is 1480. The molecule has 1 saturated heterocycles. The fourth-order valence-corrected chi connectivity index (χ4v) is 6.98. The number of nitrogens with one attached hydrogen (secondary N) is 1. The summed E-state index contributed by atoms with van der Waals surface area (Å²) < 4.78 is 52.1. The number of halogens is 2. The number of nitrogens with two attached hydrogens (primary N) is 1. The lowest BCUT2D eigenvalue weighted by Gasteiger charge is -2.48. The molecule has 2 aliphatic rings. The summed E-state index contributed by atoms with van der Waals surface area (Å²) in [4.78, 5) is 15.7. The van der Waals surface area contributed by atoms with Gasteiger partial charge < -0.3 is 16.0 Å². The molecule has 2 aromatic heterocycles. The summed E-state index contributed by atoms with van der Waals surface area (Å²) in [5.41, 5.74) is 7.81. The predicted molar refractivity (Wildman–Crippen MR) is 151 cm³/mol. The Balaban J connectivity index is 1.41. The van der Waals surface area contributed by atoms with Crippen LogP contribution in [-0.4, -0.2) is 59.9 Å². The highest BCUT2D eigenvalue weighted by Gasteiger charge is 2.44. The summed E-state index contributed by atoms with van der Waals surface area (Å²) in [7, 11) is -3.04. The third-order valence-corrected chi connectivity index (χ3v) is 9.18. The number of hydrogen-bond acceptors (Lipinski definition) is 8. The van der Waals surface area contributed by atoms with Gasteiger partial charge in [-0.25, -0.2) is 32.2 Å². The molecule has 0 spiro atoms. The molecule has 0 bridgehead atoms. The third kappa shape index (κ3) is 5.70. The van der Waals surface area contributed by atoms with E-state index in [0.29, 0.717) is 30.4 Å². The van der Waals surface area contributed by atoms with Crippen LogP contribution < -0.4 is 16.0 Å². The van der Waals surface area contributed by atoms with Crippen LogP contribution in [0.15, 0.2) is 36.7 Å². The van der Waals surface area contributed by atoms with Crippen LogP contribution in [0.4, 0.5) is 26.1 Å². The molecule has 0 amide bonds. The lowest BCUT2D eigenvalue weighted by molar-refractivity contribution is -0.0591. The second kappa shape index (κ2) is 10.2. The SMILES string of the molecule is CC(C)c1ccc(N2C[C@H](CS(C)(=O)=O)[C@H]2C)c2cnc(Nc3ccnc([C@@H]4CC[C@H](N)C(F)(F)C4)n3)cc12. The van der Waals surface area contributed by atoms with E-state index in [9.17, 15) is 17.2 Å². The molecule has 1 aliphatic heterocycles. The number of benzene rings is 1. The topological polar surface area (TPSA) is 114 Å². The number of rotatable bonds is 7. The van der Waals surface area contributed by atoms with Crippen LogP contribution >= 0.6 is 0 Å². The van der Waals surface area contributed by atoms with E-state index in [1.165, 1.54) is 11.8 Å². The van der Waals surface area contributed by atoms with Crippen molar-refractivity contribution in [3.8, 4) is 0 Å². The Kier molecular flexibility index (Phi) is 7.26. The summed E-state index contributed by atoms with van der Waals surface area (Å²) in [5.74, 6) is -1.36. The summed E-state index contributed by atoms with van der Waals surface area (Å²) in [6.45, 7) is 7.02. The lowest BCUT2D eigenvalue weighted by Crippen LogP contribution is -2.57. The fraction of sp³-hybridized carbons (Fsp3) is 0.536. The number of anilines is 3. The zero-order valence-corrected chi connectivity index (χ0v) is 23.5. The van der Waals surface area contributed by atoms with Crippen molar-refractivity contribution >= 4 is 37.9 Å². The van der Waals surface area contributed by atoms with Gasteiger partial charge in [-0.1, -0.05) is 19.9 Å². The van der Waals surface area contributed by atoms with E-state index in [1.54, 1.807) is 12.3 Å². The van der Waals surface area contributed by atoms with Crippen LogP contribution in [0.25, 0.3) is 10.8 Å². The molecule has 4 atom stereocenters. The number of fused-ring (bicyclic) bond motifs is 1. The number of alkyl halides is 2. The van der Waals surface area contributed by atoms with Crippen LogP contribution in [0.2, 0.25) is 0 Å². The average Bonchev–Trinajstić information content (AvgIpc) is 2.86. The maximum Gasteiger partial charge on any atom is 0.263 e. The van der Waals surface area contributed by atoms with Gasteiger partial charge in [-0.2, -0.15) is 0 Å². The van der Waals surface area contributed by atoms with E-state index < -0.39 is 27.7 Å². The van der Waals surface area contributed by atoms with Gasteiger partial charge in [-0.05, 0) is 54.8 Å². The molecule has 2 fully saturated rings. The zero-order chi connectivity index (χ0) is 28.1. The second-order valence-electron chi connectivity index (χ2n) is 11.5. The van der Waals surface area contributed by atoms with E-state index in [-0.39, 0.29) is 36.5 Å². The summed E-state index contributed by atoms with van der Waals surface area (Å²) >= 11 is 0. The van der Waals surface area contributed by atoms with Crippen molar-refractivity contribution in [3.63, 3.8) is 0 Å². The molecule has 8 nitrogen and oxygen atoms in total. The van der Waals surface area contributed by atoms with E-state index >= 15 is 0 Å². The van der Waals surface area contributed by atoms with Gasteiger partial charge >= 0.3 is 0 Å². The van der Waals surface area contributed by atoms with Crippen LogP contribution in [-0.2, 0) is 9.84 Å². The molecule has 3 heterocycles. The van der Waals surface area contributed by atoms with Crippen LogP contribution in [0.1, 0.15) is 63.3 Å². The Morgan fingerprint density at radius 2 is 1.92 bits per heavy atom. The molecule has 39 heavy (non-hydrogen) atoms. The number of nitrogens with zero attached hydrogens (tertiary/aromatic N) is 4. The van der Waals surface area contributed by atoms with Gasteiger partial charge in [0.2, 0.25) is 0 Å². The van der Waals surface area contributed by atoms with Gasteiger partial charge in [0.15, 0.2) is 0 Å². The van der Waals surface area contributed by atoms with Crippen molar-refractivity contribution in [2.45, 2.75) is 69.9 Å². The first kappa shape index (κ1) is 27.6. The van der Waals surface area contributed by atoms with E-state index in [1.807, 2.05) is 12.3 Å². The fourth-order valence-electron chi connectivity index (χ4n) is 5.82. The Hall–Kier alpha value is -2.92. The molecule has 0 radical (unpaired) electrons. The van der Waals surface area contributed by atoms with E-state index in [4.69, 9.17) is 5.73 Å². The molecule has 1 saturated carbocycles. The first-order valence-electron chi connectivity index (χ1n) is 13.4. The van der Waals surface area contributed by atoms with Gasteiger partial charge in [0.25, 0.3) is 5.92 Å². The van der Waals surface area contributed by atoms with Gasteiger partial charge in [0.1, 0.15) is 27.3 Å². The van der Waals surface area contributed by atoms with Gasteiger partial charge in [0.05, 0.1) is 11.8 Å². The highest BCUT2D eigenvalue weighted by atomic mass is 32.2. The minimum atomic E-state index is -3.04. The van der Waals surface area contributed by atoms with Crippen LogP contribution in [0, 0.1) is 5.92 Å². The highest BCUT2D eigenvalue weighted by molar-refractivity contribution is 7.90. The lowest BCUT2D eigenvalue weighted by atomic mass is 9.83. The monoisotopic (exact) mass is 558 g/mol. The highest BCUT2D eigenvalue weighted by Crippen LogP contribution is 2.41. The maximum atomic E-state index is 14.2. The number of sulfone groups is 1. The molecule has 0 unspecified atom stereocenters. The predicted octanol–water partition coefficient (Wildman–Crippen LogP) is 4.99. The number of hydrogen-bond donors (Lipinski definition) is 2. The molecule has 1 aromatic carbocycles. The number of pyridine rings is 1. The van der Waals surface area contributed by atoms with Crippen molar-refractivity contribution in [2.75, 3.05) is 28.8 Å². The van der Waals surface area contributed by atoms with Crippen molar-refractivity contribution in [2.24, 2.45) is 11.7 Å². The molecular weight excluding hydrogens is 522 g/mol. The maximum absolute atomic E-state index is 14.2. The minimum absolute atomic E-state index is 0.0977. The van der Waals surface area contributed by atoms with E-state index in [0.717, 1.165) is 16.5 Å². The van der Waals surface area contributed by atoms with Gasteiger partial charge in [0, 0.05) is 60.6 Å². The zero-order valence-electron chi connectivity index (χ0n) is 22.7. The molecule has 3 aromatic rings. The molecule has 1 aliphatic carbocycles. The van der Waals surface area contributed by atoms with Gasteiger partial charge in [-0.15, -0.1) is 0 Å². The summed E-state index contributed by atoms with van der Waals surface area (Å²) in [6.07, 6.45) is 5.10. The third-order valence-electron chi connectivity index (χ3n) is 8.15. The largest absolute Gasteiger partial charge is 0.368 e. The van der Waals surface area contributed by atoms with Crippen LogP contribution in [0.5, 0.6) is 0 Å². The normalized spacial score (nSPS) is 25.1. The first-order valence-corrected chi connectivity index (χ1v) is 15.5. The quantitative estimate of drug-likeness (QED) is 0.417. The van der Waals surface area contributed by atoms with Crippen molar-refractivity contribution in [1.29, 1.82) is 0 Å². The standard InChI is InChI=1S/C28H36F2N6O2S/c1-16(2)20-6-7-23(36-14-19(17(36)3)15-39(4,37)38)22-13-33-26(11-21(20)22)34-25-9-10-32-27(35-25)18-5-8-24(31)28(29,30)12-18/h6-7,9-11,13,16-19,24H,5,8,12,14-15,31H2,1-4H3,(H,32,33,34,35)/t17-,18-,19-,24+/m1/s1. The van der Waals surface area contributed by atoms with Crippen molar-refractivity contribution < 1.29 is 17.2 Å². The van der Waals surface area contributed by atoms with Crippen molar-refractivity contribution in [3.05, 3.63) is 48.0 Å². The average molecular weight is 559 g/mol. The molecule has 11 heteroatoms. The second-order valence-corrected chi connectivity index (χ2v) is 13.6. The summed E-state index contributed by atoms with van der Waals surface area (Å²) in [5, 5.41) is 5.29. The molecule has 3 N–H and O–H groups in total. The Morgan fingerprint density at radius 1 is 1.15 bits per heavy atom. The Labute approximate surface area is 228 Å². The van der Waals surface area contributed by atoms with Crippen molar-refractivity contribution in [1.82, 2.24) is 15.0 Å². The first-order chi connectivity index (χ1) is 18.3. The minimum Gasteiger partial charge on any atom is -0.368 e. The summed E-state index contributed by atoms with van der Waals surface area (Å²) in [6, 6.07) is 6.89. The molecule has 5 rings (SSSR count). The van der Waals surface area contributed by atoms with Crippen LogP contribution in [0.3, 0.4) is 0 Å². The Morgan fingerprint density at radius 3 is 2.59 bits per heavy atom. The molecule has 210 valence electrons. The van der Waals surface area contributed by atoms with E-state index in [2.05, 4.69) is 58.1 Å².